The number of aromatic nitrogens is 1. The Hall–Kier alpha value is -1.87. The van der Waals surface area contributed by atoms with Gasteiger partial charge in [-0.05, 0) is 31.2 Å². The zero-order valence-corrected chi connectivity index (χ0v) is 23.9. The molecule has 2 atom stereocenters. The molecule has 3 rings (SSSR count). The van der Waals surface area contributed by atoms with E-state index in [1.54, 1.807) is 6.92 Å². The fourth-order valence-electron chi connectivity index (χ4n) is 4.82. The number of alkyl halides is 4. The molecule has 2 nitrogen and oxygen atoms in total. The van der Waals surface area contributed by atoms with E-state index in [1.165, 1.54) is 33.9 Å². The Morgan fingerprint density at radius 3 is 2.49 bits per heavy atom. The average molecular weight is 559 g/mol. The molecule has 1 aromatic heterocycles. The maximum atomic E-state index is 14.8. The van der Waals surface area contributed by atoms with Crippen LogP contribution in [0.15, 0.2) is 35.3 Å². The van der Waals surface area contributed by atoms with Crippen molar-refractivity contribution in [2.75, 3.05) is 6.54 Å². The number of hydrogen-bond acceptors (Lipinski definition) is 4. The first kappa shape index (κ1) is 29.7. The number of rotatable bonds is 8. The van der Waals surface area contributed by atoms with Crippen LogP contribution in [0.4, 0.5) is 22.0 Å². The van der Waals surface area contributed by atoms with Gasteiger partial charge in [0.1, 0.15) is 16.5 Å². The van der Waals surface area contributed by atoms with E-state index < -0.39 is 36.3 Å². The van der Waals surface area contributed by atoms with Gasteiger partial charge in [-0.15, -0.1) is 24.0 Å². The summed E-state index contributed by atoms with van der Waals surface area (Å²) < 4.78 is 71.3. The van der Waals surface area contributed by atoms with Crippen LogP contribution < -0.4 is 0 Å². The van der Waals surface area contributed by atoms with Gasteiger partial charge in [0, 0.05) is 28.8 Å². The van der Waals surface area contributed by atoms with Crippen molar-refractivity contribution in [1.29, 1.82) is 0 Å². The molecule has 2 aromatic rings. The van der Waals surface area contributed by atoms with Crippen molar-refractivity contribution in [2.24, 2.45) is 5.41 Å². The van der Waals surface area contributed by atoms with E-state index in [4.69, 9.17) is 4.98 Å². The summed E-state index contributed by atoms with van der Waals surface area (Å²) in [5, 5.41) is 0.625. The zero-order valence-electron chi connectivity index (χ0n) is 22.1. The molecule has 0 amide bonds. The third kappa shape index (κ3) is 6.77. The molecule has 204 valence electrons. The SMILES string of the molecule is C=C(c1nc(C(C)/C=C(\CC)CC(C)(C)C)sc1-c1ccc(S)c(F)c1C(F)F)N1CC(F)(F)CC1C. The molecule has 1 fully saturated rings. The lowest BCUT2D eigenvalue weighted by molar-refractivity contribution is 0.0161. The third-order valence-corrected chi connectivity index (χ3v) is 8.14. The highest BCUT2D eigenvalue weighted by molar-refractivity contribution is 7.80. The molecule has 0 bridgehead atoms. The van der Waals surface area contributed by atoms with E-state index >= 15 is 0 Å². The normalized spacial score (nSPS) is 19.1. The predicted octanol–water partition coefficient (Wildman–Crippen LogP) is 9.75. The minimum atomic E-state index is -3.10. The van der Waals surface area contributed by atoms with Gasteiger partial charge in [0.15, 0.2) is 0 Å². The summed E-state index contributed by atoms with van der Waals surface area (Å²) in [4.78, 5) is 6.31. The van der Waals surface area contributed by atoms with Crippen LogP contribution in [0.2, 0.25) is 0 Å². The lowest BCUT2D eigenvalue weighted by Crippen LogP contribution is -2.27. The standard InChI is InChI=1S/C28H35F5N2S2/c1-8-18(13-27(5,6)7)11-15(2)26-34-23(17(4)35-14-28(32,33)12-16(35)3)24(37-26)19-9-10-20(36)22(29)21(19)25(30)31/h9-11,15-16,25,36H,4,8,12-14H2,1-3,5-7H3/b18-11+. The maximum Gasteiger partial charge on any atom is 0.267 e. The van der Waals surface area contributed by atoms with Crippen molar-refractivity contribution in [3.8, 4) is 10.4 Å². The second-order valence-corrected chi connectivity index (χ2v) is 12.6. The molecule has 2 unspecified atom stereocenters. The molecule has 37 heavy (non-hydrogen) atoms. The van der Waals surface area contributed by atoms with Gasteiger partial charge >= 0.3 is 0 Å². The molecule has 1 saturated heterocycles. The number of nitrogens with zero attached hydrogens (tertiary/aromatic N) is 2. The first-order valence-corrected chi connectivity index (χ1v) is 13.6. The fourth-order valence-corrected chi connectivity index (χ4v) is 6.16. The van der Waals surface area contributed by atoms with Gasteiger partial charge in [-0.25, -0.2) is 26.9 Å². The molecule has 0 N–H and O–H groups in total. The van der Waals surface area contributed by atoms with Crippen LogP contribution in [0.1, 0.15) is 89.4 Å². The summed E-state index contributed by atoms with van der Waals surface area (Å²) in [5.41, 5.74) is 0.979. The topological polar surface area (TPSA) is 16.1 Å². The molecule has 1 aromatic carbocycles. The summed E-state index contributed by atoms with van der Waals surface area (Å²) in [6.07, 6.45) is 0.424. The van der Waals surface area contributed by atoms with Crippen LogP contribution in [0.3, 0.4) is 0 Å². The van der Waals surface area contributed by atoms with Crippen LogP contribution in [-0.2, 0) is 0 Å². The zero-order chi connectivity index (χ0) is 27.9. The van der Waals surface area contributed by atoms with Crippen LogP contribution in [0, 0.1) is 11.2 Å². The summed E-state index contributed by atoms with van der Waals surface area (Å²) in [5.74, 6) is -4.16. The van der Waals surface area contributed by atoms with Crippen molar-refractivity contribution in [2.45, 2.75) is 90.0 Å². The van der Waals surface area contributed by atoms with Crippen molar-refractivity contribution in [3.05, 3.63) is 52.4 Å². The van der Waals surface area contributed by atoms with Crippen molar-refractivity contribution >= 4 is 29.7 Å². The van der Waals surface area contributed by atoms with Crippen LogP contribution in [0.5, 0.6) is 0 Å². The average Bonchev–Trinajstić information content (AvgIpc) is 3.33. The van der Waals surface area contributed by atoms with Crippen LogP contribution >= 0.6 is 24.0 Å². The second kappa shape index (κ2) is 11.1. The van der Waals surface area contributed by atoms with E-state index in [9.17, 15) is 22.0 Å². The van der Waals surface area contributed by atoms with Crippen molar-refractivity contribution in [3.63, 3.8) is 0 Å². The first-order valence-electron chi connectivity index (χ1n) is 12.4. The number of hydrogen-bond donors (Lipinski definition) is 1. The largest absolute Gasteiger partial charge is 0.361 e. The Labute approximate surface area is 226 Å². The lowest BCUT2D eigenvalue weighted by atomic mass is 9.86. The molecule has 1 aliphatic heterocycles. The summed E-state index contributed by atoms with van der Waals surface area (Å²) >= 11 is 5.14. The molecule has 0 aliphatic carbocycles. The quantitative estimate of drug-likeness (QED) is 0.197. The highest BCUT2D eigenvalue weighted by atomic mass is 32.1. The van der Waals surface area contributed by atoms with Crippen LogP contribution in [0.25, 0.3) is 16.1 Å². The molecular weight excluding hydrogens is 523 g/mol. The monoisotopic (exact) mass is 558 g/mol. The molecular formula is C28H35F5N2S2. The van der Waals surface area contributed by atoms with Crippen LogP contribution in [-0.4, -0.2) is 28.4 Å². The molecule has 1 aliphatic rings. The highest BCUT2D eigenvalue weighted by Crippen LogP contribution is 2.45. The molecule has 0 spiro atoms. The number of thiol groups is 1. The smallest absolute Gasteiger partial charge is 0.267 e. The Morgan fingerprint density at radius 1 is 1.32 bits per heavy atom. The minimum absolute atomic E-state index is 0.0228. The Bertz CT molecular complexity index is 1180. The van der Waals surface area contributed by atoms with E-state index in [2.05, 4.69) is 53.0 Å². The lowest BCUT2D eigenvalue weighted by Gasteiger charge is -2.25. The first-order chi connectivity index (χ1) is 17.0. The van der Waals surface area contributed by atoms with Gasteiger partial charge in [-0.3, -0.25) is 0 Å². The van der Waals surface area contributed by atoms with Gasteiger partial charge < -0.3 is 4.90 Å². The van der Waals surface area contributed by atoms with Gasteiger partial charge in [-0.1, -0.05) is 58.9 Å². The maximum absolute atomic E-state index is 14.8. The minimum Gasteiger partial charge on any atom is -0.361 e. The number of benzene rings is 1. The molecule has 9 heteroatoms. The number of likely N-dealkylation sites (tertiary alicyclic amines) is 1. The number of halogens is 5. The Morgan fingerprint density at radius 2 is 1.97 bits per heavy atom. The summed E-state index contributed by atoms with van der Waals surface area (Å²) in [6, 6.07) is 2.20. The highest BCUT2D eigenvalue weighted by Gasteiger charge is 2.44. The molecule has 0 saturated carbocycles. The Balaban J connectivity index is 2.17. The van der Waals surface area contributed by atoms with E-state index in [0.29, 0.717) is 9.88 Å². The second-order valence-electron chi connectivity index (χ2n) is 11.1. The van der Waals surface area contributed by atoms with Gasteiger partial charge in [0.05, 0.1) is 22.7 Å². The molecule has 2 heterocycles. The number of allylic oxidation sites excluding steroid dienone is 2. The van der Waals surface area contributed by atoms with Crippen molar-refractivity contribution in [1.82, 2.24) is 9.88 Å². The third-order valence-electron chi connectivity index (χ3n) is 6.50. The summed E-state index contributed by atoms with van der Waals surface area (Å²) in [6.45, 7) is 15.7. The van der Waals surface area contributed by atoms with Gasteiger partial charge in [-0.2, -0.15) is 0 Å². The van der Waals surface area contributed by atoms with Crippen molar-refractivity contribution < 1.29 is 22.0 Å². The fraction of sp³-hybridized carbons (Fsp3) is 0.536. The van der Waals surface area contributed by atoms with Gasteiger partial charge in [0.25, 0.3) is 12.3 Å². The molecule has 0 radical (unpaired) electrons. The predicted molar refractivity (Wildman–Crippen MR) is 145 cm³/mol. The summed E-state index contributed by atoms with van der Waals surface area (Å²) in [7, 11) is 0. The number of thiazole rings is 1. The van der Waals surface area contributed by atoms with E-state index in [1.807, 2.05) is 6.92 Å². The Kier molecular flexibility index (Phi) is 8.89. The van der Waals surface area contributed by atoms with E-state index in [-0.39, 0.29) is 39.6 Å². The van der Waals surface area contributed by atoms with Gasteiger partial charge in [0.2, 0.25) is 0 Å². The van der Waals surface area contributed by atoms with E-state index in [0.717, 1.165) is 12.8 Å².